The number of hydrogen-bond acceptors (Lipinski definition) is 5. The van der Waals surface area contributed by atoms with E-state index in [0.717, 1.165) is 44.9 Å². The van der Waals surface area contributed by atoms with Crippen LogP contribution in [0.15, 0.2) is 36.5 Å². The summed E-state index contributed by atoms with van der Waals surface area (Å²) < 4.78 is 5.48. The summed E-state index contributed by atoms with van der Waals surface area (Å²) in [6.07, 6.45) is 90.9. The highest BCUT2D eigenvalue weighted by Gasteiger charge is 2.18. The second kappa shape index (κ2) is 70.6. The van der Waals surface area contributed by atoms with Crippen molar-refractivity contribution in [1.29, 1.82) is 0 Å². The largest absolute Gasteiger partial charge is 0.466 e. The molecule has 2 atom stereocenters. The van der Waals surface area contributed by atoms with Crippen molar-refractivity contribution in [2.45, 2.75) is 418 Å². The van der Waals surface area contributed by atoms with E-state index in [0.29, 0.717) is 19.4 Å². The average molecular weight is 1140 g/mol. The van der Waals surface area contributed by atoms with Crippen LogP contribution in [0.3, 0.4) is 0 Å². The molecule has 3 N–H and O–H groups in total. The molecule has 0 heterocycles. The quantitative estimate of drug-likeness (QED) is 0.0320. The summed E-state index contributed by atoms with van der Waals surface area (Å²) in [7, 11) is 0. The molecule has 0 rings (SSSR count). The lowest BCUT2D eigenvalue weighted by Crippen LogP contribution is -2.45. The molecular weight excluding hydrogens is 995 g/mol. The summed E-state index contributed by atoms with van der Waals surface area (Å²) in [6, 6.07) is -0.632. The van der Waals surface area contributed by atoms with Gasteiger partial charge < -0.3 is 20.3 Å². The van der Waals surface area contributed by atoms with Gasteiger partial charge in [-0.1, -0.05) is 365 Å². The standard InChI is InChI=1S/C75H143NO5/c1-3-5-7-9-11-13-15-17-18-19-20-21-22-26-29-32-35-38-41-44-47-51-55-59-63-67-73(78)72(71-77)76-74(79)68-64-60-56-52-48-45-42-39-36-33-30-27-24-23-25-28-31-34-37-40-43-46-50-54-58-62-66-70-81-75(80)69-65-61-57-53-49-16-14-12-10-8-6-4-2/h23-24,28,31,63,67,72-73,77-78H,3-22,25-27,29-30,32-62,64-66,68-71H2,1-2H3,(H,76,79)/b24-23-,31-28-,67-63+. The predicted molar refractivity (Wildman–Crippen MR) is 356 cm³/mol. The van der Waals surface area contributed by atoms with E-state index in [9.17, 15) is 19.8 Å². The molecule has 6 heteroatoms. The molecule has 6 nitrogen and oxygen atoms in total. The molecule has 0 spiro atoms. The molecule has 0 saturated heterocycles. The topological polar surface area (TPSA) is 95.9 Å². The minimum absolute atomic E-state index is 0.0115. The Morgan fingerprint density at radius 1 is 0.346 bits per heavy atom. The zero-order valence-corrected chi connectivity index (χ0v) is 54.8. The third kappa shape index (κ3) is 67.1. The zero-order valence-electron chi connectivity index (χ0n) is 54.8. The first-order chi connectivity index (χ1) is 40.0. The number of carbonyl (C=O) groups excluding carboxylic acids is 2. The molecule has 0 aromatic heterocycles. The Labute approximate surface area is 506 Å². The Balaban J connectivity index is 3.44. The summed E-state index contributed by atoms with van der Waals surface area (Å²) in [6.45, 7) is 4.94. The summed E-state index contributed by atoms with van der Waals surface area (Å²) in [5.41, 5.74) is 0. The molecule has 1 amide bonds. The van der Waals surface area contributed by atoms with Crippen LogP contribution in [0, 0.1) is 0 Å². The smallest absolute Gasteiger partial charge is 0.305 e. The van der Waals surface area contributed by atoms with Crippen molar-refractivity contribution in [2.24, 2.45) is 0 Å². The second-order valence-electron chi connectivity index (χ2n) is 25.3. The number of ether oxygens (including phenoxy) is 1. The highest BCUT2D eigenvalue weighted by Crippen LogP contribution is 2.19. The first kappa shape index (κ1) is 79.1. The molecule has 0 aliphatic rings. The van der Waals surface area contributed by atoms with Crippen molar-refractivity contribution >= 4 is 11.9 Å². The Hall–Kier alpha value is -1.92. The number of aliphatic hydroxyl groups excluding tert-OH is 2. The van der Waals surface area contributed by atoms with Gasteiger partial charge in [0.05, 0.1) is 25.4 Å². The van der Waals surface area contributed by atoms with Crippen molar-refractivity contribution in [3.63, 3.8) is 0 Å². The number of allylic oxidation sites excluding steroid dienone is 5. The number of carbonyl (C=O) groups is 2. The molecule has 0 aromatic rings. The Kier molecular flexibility index (Phi) is 68.9. The monoisotopic (exact) mass is 1140 g/mol. The molecule has 81 heavy (non-hydrogen) atoms. The Bertz CT molecular complexity index is 1310. The van der Waals surface area contributed by atoms with E-state index in [4.69, 9.17) is 4.74 Å². The van der Waals surface area contributed by atoms with Crippen LogP contribution in [0.2, 0.25) is 0 Å². The Morgan fingerprint density at radius 3 is 0.938 bits per heavy atom. The lowest BCUT2D eigenvalue weighted by atomic mass is 10.0. The van der Waals surface area contributed by atoms with Gasteiger partial charge in [-0.15, -0.1) is 0 Å². The Morgan fingerprint density at radius 2 is 0.617 bits per heavy atom. The molecule has 0 bridgehead atoms. The first-order valence-electron chi connectivity index (χ1n) is 36.8. The van der Waals surface area contributed by atoms with Gasteiger partial charge in [0.15, 0.2) is 0 Å². The average Bonchev–Trinajstić information content (AvgIpc) is 3.47. The fraction of sp³-hybridized carbons (Fsp3) is 0.893. The number of unbranched alkanes of at least 4 members (excludes halogenated alkanes) is 54. The summed E-state index contributed by atoms with van der Waals surface area (Å²) in [5, 5.41) is 23.3. The van der Waals surface area contributed by atoms with E-state index < -0.39 is 12.1 Å². The van der Waals surface area contributed by atoms with Crippen LogP contribution in [0.25, 0.3) is 0 Å². The number of aliphatic hydroxyl groups is 2. The molecule has 478 valence electrons. The number of rotatable bonds is 69. The van der Waals surface area contributed by atoms with Crippen LogP contribution in [-0.4, -0.2) is 47.4 Å². The first-order valence-corrected chi connectivity index (χ1v) is 36.8. The van der Waals surface area contributed by atoms with E-state index in [1.807, 2.05) is 6.08 Å². The van der Waals surface area contributed by atoms with Crippen LogP contribution in [0.1, 0.15) is 406 Å². The zero-order chi connectivity index (χ0) is 58.5. The van der Waals surface area contributed by atoms with Gasteiger partial charge in [0.1, 0.15) is 0 Å². The van der Waals surface area contributed by atoms with Crippen LogP contribution in [0.5, 0.6) is 0 Å². The highest BCUT2D eigenvalue weighted by atomic mass is 16.5. The number of amides is 1. The van der Waals surface area contributed by atoms with Crippen LogP contribution < -0.4 is 5.32 Å². The second-order valence-corrected chi connectivity index (χ2v) is 25.3. The van der Waals surface area contributed by atoms with Gasteiger partial charge in [-0.25, -0.2) is 0 Å². The van der Waals surface area contributed by atoms with Crippen molar-refractivity contribution in [1.82, 2.24) is 5.32 Å². The van der Waals surface area contributed by atoms with Crippen molar-refractivity contribution < 1.29 is 24.5 Å². The lowest BCUT2D eigenvalue weighted by Gasteiger charge is -2.20. The summed E-state index contributed by atoms with van der Waals surface area (Å²) in [5.74, 6) is -0.0553. The van der Waals surface area contributed by atoms with Gasteiger partial charge in [-0.2, -0.15) is 0 Å². The third-order valence-corrected chi connectivity index (χ3v) is 17.2. The minimum atomic E-state index is -0.849. The lowest BCUT2D eigenvalue weighted by molar-refractivity contribution is -0.143. The number of hydrogen-bond donors (Lipinski definition) is 3. The van der Waals surface area contributed by atoms with Gasteiger partial charge in [0.25, 0.3) is 0 Å². The molecule has 0 aliphatic carbocycles. The van der Waals surface area contributed by atoms with Gasteiger partial charge in [0, 0.05) is 12.8 Å². The summed E-state index contributed by atoms with van der Waals surface area (Å²) >= 11 is 0. The van der Waals surface area contributed by atoms with E-state index in [-0.39, 0.29) is 18.5 Å². The maximum Gasteiger partial charge on any atom is 0.305 e. The maximum absolute atomic E-state index is 12.5. The third-order valence-electron chi connectivity index (χ3n) is 17.2. The minimum Gasteiger partial charge on any atom is -0.466 e. The molecule has 2 unspecified atom stereocenters. The fourth-order valence-electron chi connectivity index (χ4n) is 11.6. The highest BCUT2D eigenvalue weighted by molar-refractivity contribution is 5.76. The van der Waals surface area contributed by atoms with Gasteiger partial charge >= 0.3 is 5.97 Å². The van der Waals surface area contributed by atoms with Gasteiger partial charge in [-0.05, 0) is 64.2 Å². The summed E-state index contributed by atoms with van der Waals surface area (Å²) in [4.78, 5) is 24.6. The number of esters is 1. The molecule has 0 saturated carbocycles. The van der Waals surface area contributed by atoms with E-state index >= 15 is 0 Å². The van der Waals surface area contributed by atoms with E-state index in [2.05, 4.69) is 43.5 Å². The van der Waals surface area contributed by atoms with Crippen molar-refractivity contribution in [2.75, 3.05) is 13.2 Å². The normalized spacial score (nSPS) is 12.7. The molecular formula is C75H143NO5. The fourth-order valence-corrected chi connectivity index (χ4v) is 11.6. The van der Waals surface area contributed by atoms with Crippen LogP contribution >= 0.6 is 0 Å². The SMILES string of the molecule is CCCCCCCCCCCCCCCCCCCCCCCCC/C=C/C(O)C(CO)NC(=O)CCCCCCCCCCCCC/C=C\C/C=C\CCCCCCCCCCCOC(=O)CCCCCCCCCCCCCC. The van der Waals surface area contributed by atoms with Crippen molar-refractivity contribution in [3.05, 3.63) is 36.5 Å². The molecule has 0 radical (unpaired) electrons. The molecule has 0 aromatic carbocycles. The van der Waals surface area contributed by atoms with E-state index in [1.54, 1.807) is 6.08 Å². The van der Waals surface area contributed by atoms with Crippen molar-refractivity contribution in [3.8, 4) is 0 Å². The van der Waals surface area contributed by atoms with Gasteiger partial charge in [-0.3, -0.25) is 9.59 Å². The molecule has 0 fully saturated rings. The number of nitrogens with one attached hydrogen (secondary N) is 1. The van der Waals surface area contributed by atoms with Crippen LogP contribution in [0.4, 0.5) is 0 Å². The van der Waals surface area contributed by atoms with E-state index in [1.165, 1.54) is 334 Å². The van der Waals surface area contributed by atoms with Crippen LogP contribution in [-0.2, 0) is 14.3 Å². The molecule has 0 aliphatic heterocycles. The predicted octanol–water partition coefficient (Wildman–Crippen LogP) is 23.9. The maximum atomic E-state index is 12.5. The van der Waals surface area contributed by atoms with Gasteiger partial charge in [0.2, 0.25) is 5.91 Å².